The third-order valence-corrected chi connectivity index (χ3v) is 7.74. The van der Waals surface area contributed by atoms with E-state index in [1.165, 1.54) is 22.2 Å². The van der Waals surface area contributed by atoms with Gasteiger partial charge in [0.15, 0.2) is 5.16 Å². The van der Waals surface area contributed by atoms with Gasteiger partial charge in [0.1, 0.15) is 4.83 Å². The zero-order chi connectivity index (χ0) is 21.5. The molecule has 0 saturated heterocycles. The Bertz CT molecular complexity index is 1360. The molecule has 6 nitrogen and oxygen atoms in total. The van der Waals surface area contributed by atoms with Crippen LogP contribution in [0.4, 0.5) is 0 Å². The predicted molar refractivity (Wildman–Crippen MR) is 125 cm³/mol. The number of benzene rings is 1. The molecule has 1 aliphatic carbocycles. The van der Waals surface area contributed by atoms with Crippen LogP contribution in [-0.4, -0.2) is 19.7 Å². The van der Waals surface area contributed by atoms with Crippen molar-refractivity contribution in [1.82, 2.24) is 19.7 Å². The summed E-state index contributed by atoms with van der Waals surface area (Å²) >= 11 is 9.14. The van der Waals surface area contributed by atoms with Gasteiger partial charge in [-0.3, -0.25) is 9.36 Å². The van der Waals surface area contributed by atoms with Crippen molar-refractivity contribution >= 4 is 44.9 Å². The number of nitrogens with zero attached hydrogens (tertiary/aromatic N) is 4. The van der Waals surface area contributed by atoms with E-state index in [9.17, 15) is 4.79 Å². The molecule has 1 atom stereocenters. The van der Waals surface area contributed by atoms with Crippen LogP contribution >= 0.6 is 34.7 Å². The van der Waals surface area contributed by atoms with Gasteiger partial charge in [0, 0.05) is 22.0 Å². The molecule has 0 radical (unpaired) electrons. The molecule has 1 aromatic carbocycles. The van der Waals surface area contributed by atoms with Crippen LogP contribution in [0.1, 0.15) is 34.9 Å². The van der Waals surface area contributed by atoms with Gasteiger partial charge in [-0.15, -0.1) is 28.1 Å². The van der Waals surface area contributed by atoms with Crippen molar-refractivity contribution in [3.63, 3.8) is 0 Å². The van der Waals surface area contributed by atoms with E-state index in [4.69, 9.17) is 21.0 Å². The number of hydrogen-bond donors (Lipinski definition) is 0. The molecule has 0 amide bonds. The summed E-state index contributed by atoms with van der Waals surface area (Å²) in [5.41, 5.74) is 1.95. The smallest absolute Gasteiger partial charge is 0.263 e. The molecule has 4 aromatic rings. The van der Waals surface area contributed by atoms with E-state index in [0.717, 1.165) is 35.0 Å². The minimum absolute atomic E-state index is 0.00384. The van der Waals surface area contributed by atoms with Gasteiger partial charge >= 0.3 is 0 Å². The second-order valence-corrected chi connectivity index (χ2v) is 10.2. The standard InChI is InChI=1S/C22H19ClN4O2S2/c1-3-10-27-21(28)17-15-8-5-9-16(15)31-20(17)24-22(27)30-12(2)18-25-26-19(29-18)13-6-4-7-14(23)11-13/h3-4,6-7,11-12H,1,5,8-10H2,2H3. The lowest BCUT2D eigenvalue weighted by molar-refractivity contribution is 0.508. The summed E-state index contributed by atoms with van der Waals surface area (Å²) in [6.07, 6.45) is 4.82. The minimum Gasteiger partial charge on any atom is -0.419 e. The molecule has 0 N–H and O–H groups in total. The molecular weight excluding hydrogens is 452 g/mol. The maximum Gasteiger partial charge on any atom is 0.263 e. The molecule has 0 spiro atoms. The Balaban J connectivity index is 1.49. The monoisotopic (exact) mass is 470 g/mol. The molecule has 9 heteroatoms. The fourth-order valence-electron chi connectivity index (χ4n) is 3.78. The molecule has 1 aliphatic rings. The molecule has 3 aromatic heterocycles. The number of thiophene rings is 1. The van der Waals surface area contributed by atoms with E-state index in [2.05, 4.69) is 16.8 Å². The molecule has 5 rings (SSSR count). The Morgan fingerprint density at radius 3 is 3.06 bits per heavy atom. The van der Waals surface area contributed by atoms with Crippen LogP contribution in [0.5, 0.6) is 0 Å². The summed E-state index contributed by atoms with van der Waals surface area (Å²) in [7, 11) is 0. The molecular formula is C22H19ClN4O2S2. The second-order valence-electron chi connectivity index (χ2n) is 7.35. The van der Waals surface area contributed by atoms with Crippen molar-refractivity contribution in [1.29, 1.82) is 0 Å². The van der Waals surface area contributed by atoms with Crippen LogP contribution in [0.25, 0.3) is 21.7 Å². The highest BCUT2D eigenvalue weighted by Gasteiger charge is 2.25. The Hall–Kier alpha value is -2.42. The summed E-state index contributed by atoms with van der Waals surface area (Å²) < 4.78 is 7.58. The Labute approximate surface area is 192 Å². The van der Waals surface area contributed by atoms with Crippen LogP contribution in [0.3, 0.4) is 0 Å². The Morgan fingerprint density at radius 2 is 2.26 bits per heavy atom. The van der Waals surface area contributed by atoms with E-state index >= 15 is 0 Å². The van der Waals surface area contributed by atoms with E-state index in [1.54, 1.807) is 34.1 Å². The van der Waals surface area contributed by atoms with Crippen molar-refractivity contribution in [2.75, 3.05) is 0 Å². The first-order valence-corrected chi connectivity index (χ1v) is 12.0. The highest BCUT2D eigenvalue weighted by molar-refractivity contribution is 7.99. The number of halogens is 1. The van der Waals surface area contributed by atoms with Crippen LogP contribution < -0.4 is 5.56 Å². The number of allylic oxidation sites excluding steroid dienone is 1. The van der Waals surface area contributed by atoms with E-state index in [0.29, 0.717) is 28.5 Å². The van der Waals surface area contributed by atoms with Crippen molar-refractivity contribution in [2.45, 2.75) is 43.1 Å². The van der Waals surface area contributed by atoms with Crippen LogP contribution in [-0.2, 0) is 19.4 Å². The predicted octanol–water partition coefficient (Wildman–Crippen LogP) is 5.69. The lowest BCUT2D eigenvalue weighted by Gasteiger charge is -2.12. The average Bonchev–Trinajstić information content (AvgIpc) is 3.46. The largest absolute Gasteiger partial charge is 0.419 e. The molecule has 1 unspecified atom stereocenters. The average molecular weight is 471 g/mol. The van der Waals surface area contributed by atoms with Gasteiger partial charge in [0.2, 0.25) is 11.8 Å². The lowest BCUT2D eigenvalue weighted by Crippen LogP contribution is -2.23. The van der Waals surface area contributed by atoms with Gasteiger partial charge in [-0.25, -0.2) is 4.98 Å². The summed E-state index contributed by atoms with van der Waals surface area (Å²) in [5.74, 6) is 0.875. The van der Waals surface area contributed by atoms with Crippen LogP contribution in [0.2, 0.25) is 5.02 Å². The number of hydrogen-bond acceptors (Lipinski definition) is 7. The summed E-state index contributed by atoms with van der Waals surface area (Å²) in [4.78, 5) is 20.3. The minimum atomic E-state index is -0.187. The van der Waals surface area contributed by atoms with Crippen molar-refractivity contribution < 1.29 is 4.42 Å². The number of rotatable bonds is 6. The van der Waals surface area contributed by atoms with Gasteiger partial charge < -0.3 is 4.42 Å². The summed E-state index contributed by atoms with van der Waals surface area (Å²) in [6.45, 7) is 6.18. The fraction of sp³-hybridized carbons (Fsp3) is 0.273. The molecule has 0 aliphatic heterocycles. The van der Waals surface area contributed by atoms with Gasteiger partial charge in [-0.2, -0.15) is 0 Å². The summed E-state index contributed by atoms with van der Waals surface area (Å²) in [5, 5.41) is 10.2. The highest BCUT2D eigenvalue weighted by Crippen LogP contribution is 2.38. The van der Waals surface area contributed by atoms with E-state index in [-0.39, 0.29) is 10.8 Å². The quantitative estimate of drug-likeness (QED) is 0.205. The van der Waals surface area contributed by atoms with E-state index < -0.39 is 0 Å². The fourth-order valence-corrected chi connectivity index (χ4v) is 6.22. The highest BCUT2D eigenvalue weighted by atomic mass is 35.5. The van der Waals surface area contributed by atoms with E-state index in [1.807, 2.05) is 19.1 Å². The number of aryl methyl sites for hydroxylation is 2. The normalized spacial score (nSPS) is 14.1. The maximum atomic E-state index is 13.3. The third-order valence-electron chi connectivity index (χ3n) is 5.24. The lowest BCUT2D eigenvalue weighted by atomic mass is 10.2. The molecule has 158 valence electrons. The third kappa shape index (κ3) is 3.73. The number of thioether (sulfide) groups is 1. The first-order valence-electron chi connectivity index (χ1n) is 9.97. The van der Waals surface area contributed by atoms with Gasteiger partial charge in [-0.1, -0.05) is 35.5 Å². The molecule has 31 heavy (non-hydrogen) atoms. The van der Waals surface area contributed by atoms with Crippen molar-refractivity contribution in [3.05, 3.63) is 68.6 Å². The van der Waals surface area contributed by atoms with Gasteiger partial charge in [-0.05, 0) is 49.9 Å². The molecule has 0 saturated carbocycles. The Morgan fingerprint density at radius 1 is 1.39 bits per heavy atom. The molecule has 3 heterocycles. The number of fused-ring (bicyclic) bond motifs is 3. The number of aromatic nitrogens is 4. The first kappa shape index (κ1) is 20.5. The zero-order valence-corrected chi connectivity index (χ0v) is 19.2. The maximum absolute atomic E-state index is 13.3. The zero-order valence-electron chi connectivity index (χ0n) is 16.8. The summed E-state index contributed by atoms with van der Waals surface area (Å²) in [6, 6.07) is 7.28. The second kappa shape index (κ2) is 8.26. The van der Waals surface area contributed by atoms with Crippen LogP contribution in [0, 0.1) is 0 Å². The molecule has 0 bridgehead atoms. The SMILES string of the molecule is C=CCn1c(SC(C)c2nnc(-c3cccc(Cl)c3)o2)nc2sc3c(c2c1=O)CCC3. The van der Waals surface area contributed by atoms with Crippen LogP contribution in [0.15, 0.2) is 51.3 Å². The Kier molecular flexibility index (Phi) is 5.45. The molecule has 0 fully saturated rings. The van der Waals surface area contributed by atoms with Crippen molar-refractivity contribution in [3.8, 4) is 11.5 Å². The van der Waals surface area contributed by atoms with Gasteiger partial charge in [0.25, 0.3) is 5.56 Å². The topological polar surface area (TPSA) is 73.8 Å². The van der Waals surface area contributed by atoms with Crippen molar-refractivity contribution in [2.24, 2.45) is 0 Å². The van der Waals surface area contributed by atoms with Gasteiger partial charge in [0.05, 0.1) is 10.6 Å². The first-order chi connectivity index (χ1) is 15.0.